The van der Waals surface area contributed by atoms with Crippen molar-refractivity contribution >= 4 is 11.6 Å². The van der Waals surface area contributed by atoms with E-state index in [-0.39, 0.29) is 18.2 Å². The van der Waals surface area contributed by atoms with Gasteiger partial charge in [-0.05, 0) is 27.6 Å². The number of anilines is 1. The molecule has 1 N–H and O–H groups in total. The number of imidazole rings is 1. The van der Waals surface area contributed by atoms with Crippen LogP contribution in [0.15, 0.2) is 30.6 Å². The maximum absolute atomic E-state index is 12.6. The van der Waals surface area contributed by atoms with Crippen LogP contribution in [0, 0.1) is 10.1 Å². The predicted molar refractivity (Wildman–Crippen MR) is 68.6 cm³/mol. The lowest BCUT2D eigenvalue weighted by molar-refractivity contribution is -0.388. The fourth-order valence-corrected chi connectivity index (χ4v) is 1.80. The number of nitrogens with zero attached hydrogens (tertiary/aromatic N) is 3. The molecule has 0 radical (unpaired) electrons. The van der Waals surface area contributed by atoms with E-state index in [2.05, 4.69) is 10.3 Å². The Labute approximate surface area is 117 Å². The van der Waals surface area contributed by atoms with Gasteiger partial charge in [-0.25, -0.2) is 0 Å². The third kappa shape index (κ3) is 3.30. The molecule has 0 saturated carbocycles. The average molecular weight is 300 g/mol. The summed E-state index contributed by atoms with van der Waals surface area (Å²) in [4.78, 5) is 13.7. The fourth-order valence-electron chi connectivity index (χ4n) is 1.80. The zero-order valence-corrected chi connectivity index (χ0v) is 10.9. The molecule has 1 heterocycles. The van der Waals surface area contributed by atoms with Crippen LogP contribution in [0.3, 0.4) is 0 Å². The molecule has 112 valence electrons. The molecular formula is C12H11F3N4O2. The van der Waals surface area contributed by atoms with Crippen LogP contribution in [-0.4, -0.2) is 14.5 Å². The molecule has 0 saturated heterocycles. The predicted octanol–water partition coefficient (Wildman–Crippen LogP) is 2.96. The summed E-state index contributed by atoms with van der Waals surface area (Å²) in [6.45, 7) is 0.0181. The van der Waals surface area contributed by atoms with E-state index >= 15 is 0 Å². The average Bonchev–Trinajstić information content (AvgIpc) is 2.77. The highest BCUT2D eigenvalue weighted by atomic mass is 19.4. The summed E-state index contributed by atoms with van der Waals surface area (Å²) in [6.07, 6.45) is -3.17. The van der Waals surface area contributed by atoms with Crippen molar-refractivity contribution in [1.29, 1.82) is 0 Å². The molecule has 21 heavy (non-hydrogen) atoms. The number of aryl methyl sites for hydroxylation is 1. The number of hydrogen-bond acceptors (Lipinski definition) is 4. The molecule has 0 aliphatic carbocycles. The van der Waals surface area contributed by atoms with Crippen molar-refractivity contribution < 1.29 is 18.1 Å². The number of alkyl halides is 3. The topological polar surface area (TPSA) is 73.0 Å². The third-order valence-corrected chi connectivity index (χ3v) is 2.80. The summed E-state index contributed by atoms with van der Waals surface area (Å²) in [5.41, 5.74) is -0.401. The maximum atomic E-state index is 12.6. The molecule has 0 fully saturated rings. The Balaban J connectivity index is 2.18. The lowest BCUT2D eigenvalue weighted by Gasteiger charge is -2.10. The van der Waals surface area contributed by atoms with Crippen LogP contribution in [0.1, 0.15) is 11.1 Å². The SMILES string of the molecule is Cn1cnc([N+](=O)[O-])c1NCc1cccc(C(F)(F)F)c1. The lowest BCUT2D eigenvalue weighted by Crippen LogP contribution is -2.08. The standard InChI is InChI=1S/C12H11F3N4O2/c1-18-7-17-11(19(20)21)10(18)16-6-8-3-2-4-9(5-8)12(13,14)15/h2-5,7,16H,6H2,1H3. The van der Waals surface area contributed by atoms with E-state index in [9.17, 15) is 23.3 Å². The highest BCUT2D eigenvalue weighted by Crippen LogP contribution is 2.30. The molecular weight excluding hydrogens is 289 g/mol. The molecule has 0 atom stereocenters. The first kappa shape index (κ1) is 14.8. The molecule has 0 bridgehead atoms. The molecule has 0 unspecified atom stereocenters. The summed E-state index contributed by atoms with van der Waals surface area (Å²) in [5.74, 6) is -0.234. The lowest BCUT2D eigenvalue weighted by atomic mass is 10.1. The van der Waals surface area contributed by atoms with E-state index in [0.29, 0.717) is 5.56 Å². The van der Waals surface area contributed by atoms with Crippen LogP contribution < -0.4 is 5.32 Å². The monoisotopic (exact) mass is 300 g/mol. The van der Waals surface area contributed by atoms with E-state index in [1.807, 2.05) is 0 Å². The number of hydrogen-bond donors (Lipinski definition) is 1. The minimum absolute atomic E-state index is 0.0181. The van der Waals surface area contributed by atoms with Gasteiger partial charge in [-0.15, -0.1) is 0 Å². The van der Waals surface area contributed by atoms with Gasteiger partial charge in [0.15, 0.2) is 0 Å². The molecule has 0 aliphatic rings. The second kappa shape index (κ2) is 5.43. The first-order chi connectivity index (χ1) is 9.79. The van der Waals surface area contributed by atoms with Crippen molar-refractivity contribution in [2.75, 3.05) is 5.32 Å². The second-order valence-electron chi connectivity index (χ2n) is 4.34. The first-order valence-corrected chi connectivity index (χ1v) is 5.85. The van der Waals surface area contributed by atoms with Crippen molar-refractivity contribution in [3.63, 3.8) is 0 Å². The van der Waals surface area contributed by atoms with Crippen LogP contribution in [-0.2, 0) is 19.8 Å². The Morgan fingerprint density at radius 3 is 2.76 bits per heavy atom. The highest BCUT2D eigenvalue weighted by Gasteiger charge is 2.30. The van der Waals surface area contributed by atoms with Gasteiger partial charge in [0.25, 0.3) is 0 Å². The van der Waals surface area contributed by atoms with Crippen molar-refractivity contribution in [3.8, 4) is 0 Å². The van der Waals surface area contributed by atoms with Gasteiger partial charge in [-0.1, -0.05) is 12.1 Å². The van der Waals surface area contributed by atoms with Crippen LogP contribution >= 0.6 is 0 Å². The Bertz CT molecular complexity index is 667. The normalized spacial score (nSPS) is 11.4. The fraction of sp³-hybridized carbons (Fsp3) is 0.250. The van der Waals surface area contributed by atoms with E-state index in [1.165, 1.54) is 23.0 Å². The number of aromatic nitrogens is 2. The molecule has 0 amide bonds. The van der Waals surface area contributed by atoms with Crippen LogP contribution in [0.4, 0.5) is 24.8 Å². The summed E-state index contributed by atoms with van der Waals surface area (Å²) in [5, 5.41) is 13.5. The molecule has 6 nitrogen and oxygen atoms in total. The van der Waals surface area contributed by atoms with Gasteiger partial charge < -0.3 is 15.4 Å². The largest absolute Gasteiger partial charge is 0.416 e. The van der Waals surface area contributed by atoms with E-state index in [4.69, 9.17) is 0 Å². The maximum Gasteiger partial charge on any atom is 0.416 e. The van der Waals surface area contributed by atoms with Gasteiger partial charge in [0, 0.05) is 13.6 Å². The second-order valence-corrected chi connectivity index (χ2v) is 4.34. The Morgan fingerprint density at radius 2 is 2.14 bits per heavy atom. The summed E-state index contributed by atoms with van der Waals surface area (Å²) in [6, 6.07) is 4.76. The van der Waals surface area contributed by atoms with Crippen molar-refractivity contribution in [2.45, 2.75) is 12.7 Å². The van der Waals surface area contributed by atoms with E-state index in [1.54, 1.807) is 7.05 Å². The first-order valence-electron chi connectivity index (χ1n) is 5.85. The van der Waals surface area contributed by atoms with Gasteiger partial charge >= 0.3 is 12.0 Å². The van der Waals surface area contributed by atoms with Gasteiger partial charge in [-0.2, -0.15) is 13.2 Å². The van der Waals surface area contributed by atoms with Gasteiger partial charge in [-0.3, -0.25) is 4.57 Å². The molecule has 9 heteroatoms. The number of benzene rings is 1. The molecule has 2 rings (SSSR count). The molecule has 2 aromatic rings. The minimum atomic E-state index is -4.42. The van der Waals surface area contributed by atoms with Crippen LogP contribution in [0.25, 0.3) is 0 Å². The molecule has 0 spiro atoms. The van der Waals surface area contributed by atoms with Crippen molar-refractivity contribution in [1.82, 2.24) is 9.55 Å². The summed E-state index contributed by atoms with van der Waals surface area (Å²) < 4.78 is 39.2. The number of nitrogens with one attached hydrogen (secondary N) is 1. The Kier molecular flexibility index (Phi) is 3.83. The smallest absolute Gasteiger partial charge is 0.360 e. The van der Waals surface area contributed by atoms with Crippen LogP contribution in [0.5, 0.6) is 0 Å². The van der Waals surface area contributed by atoms with Crippen molar-refractivity contribution in [3.05, 3.63) is 51.8 Å². The summed E-state index contributed by atoms with van der Waals surface area (Å²) in [7, 11) is 1.55. The molecule has 1 aromatic carbocycles. The summed E-state index contributed by atoms with van der Waals surface area (Å²) >= 11 is 0. The van der Waals surface area contributed by atoms with Crippen molar-refractivity contribution in [2.24, 2.45) is 7.05 Å². The Hall–Kier alpha value is -2.58. The highest BCUT2D eigenvalue weighted by molar-refractivity contribution is 5.52. The Morgan fingerprint density at radius 1 is 1.43 bits per heavy atom. The van der Waals surface area contributed by atoms with Crippen LogP contribution in [0.2, 0.25) is 0 Å². The third-order valence-electron chi connectivity index (χ3n) is 2.80. The van der Waals surface area contributed by atoms with E-state index in [0.717, 1.165) is 12.1 Å². The van der Waals surface area contributed by atoms with Gasteiger partial charge in [0.2, 0.25) is 12.1 Å². The molecule has 1 aromatic heterocycles. The molecule has 0 aliphatic heterocycles. The number of nitro groups is 1. The minimum Gasteiger partial charge on any atom is -0.360 e. The zero-order chi connectivity index (χ0) is 15.6. The van der Waals surface area contributed by atoms with E-state index < -0.39 is 16.7 Å². The zero-order valence-electron chi connectivity index (χ0n) is 10.9. The van der Waals surface area contributed by atoms with Gasteiger partial charge in [0.05, 0.1) is 5.56 Å². The quantitative estimate of drug-likeness (QED) is 0.696. The number of rotatable bonds is 4. The number of halogens is 3. The van der Waals surface area contributed by atoms with Gasteiger partial charge in [0.1, 0.15) is 0 Å².